The molecule has 2 aromatic heterocycles. The molecule has 0 radical (unpaired) electrons. The van der Waals surface area contributed by atoms with E-state index in [1.165, 1.54) is 13.2 Å². The summed E-state index contributed by atoms with van der Waals surface area (Å²) in [4.78, 5) is 18.9. The van der Waals surface area contributed by atoms with Crippen molar-refractivity contribution in [2.45, 2.75) is 32.5 Å². The lowest BCUT2D eigenvalue weighted by atomic mass is 10.0. The highest BCUT2D eigenvalue weighted by Crippen LogP contribution is 2.35. The van der Waals surface area contributed by atoms with Crippen molar-refractivity contribution in [2.24, 2.45) is 0 Å². The lowest BCUT2D eigenvalue weighted by Crippen LogP contribution is -2.30. The number of amides is 1. The first-order chi connectivity index (χ1) is 15.1. The number of fused-ring (bicyclic) bond motifs is 2. The Labute approximate surface area is 182 Å². The molecule has 1 aliphatic heterocycles. The summed E-state index contributed by atoms with van der Waals surface area (Å²) in [6.07, 6.45) is -3.90. The standard InChI is InChI=1S/C22H23F3N4O3/c1-13(2)29-20-16(12-26-29)15(21(30)28(3)7-6-22(23,24)25)11-17(27-20)14-4-5-18-19(10-14)32-9-8-31-18/h4-5,10-13H,6-9H2,1-3H3. The van der Waals surface area contributed by atoms with Gasteiger partial charge >= 0.3 is 6.18 Å². The van der Waals surface area contributed by atoms with Crippen molar-refractivity contribution < 1.29 is 27.4 Å². The van der Waals surface area contributed by atoms with Gasteiger partial charge in [-0.3, -0.25) is 4.79 Å². The summed E-state index contributed by atoms with van der Waals surface area (Å²) < 4.78 is 50.9. The van der Waals surface area contributed by atoms with Gasteiger partial charge in [-0.15, -0.1) is 0 Å². The van der Waals surface area contributed by atoms with Crippen LogP contribution in [0.2, 0.25) is 0 Å². The molecule has 32 heavy (non-hydrogen) atoms. The zero-order chi connectivity index (χ0) is 23.0. The number of carbonyl (C=O) groups excluding carboxylic acids is 1. The maximum Gasteiger partial charge on any atom is 0.390 e. The van der Waals surface area contributed by atoms with E-state index in [1.54, 1.807) is 28.9 Å². The maximum atomic E-state index is 13.1. The average molecular weight is 448 g/mol. The van der Waals surface area contributed by atoms with E-state index in [9.17, 15) is 18.0 Å². The minimum Gasteiger partial charge on any atom is -0.486 e. The monoisotopic (exact) mass is 448 g/mol. The molecule has 0 fully saturated rings. The summed E-state index contributed by atoms with van der Waals surface area (Å²) in [5.41, 5.74) is 1.92. The van der Waals surface area contributed by atoms with Gasteiger partial charge in [-0.05, 0) is 38.1 Å². The van der Waals surface area contributed by atoms with Crippen LogP contribution < -0.4 is 9.47 Å². The number of ether oxygens (including phenoxy) is 2. The number of pyridine rings is 1. The molecule has 0 spiro atoms. The second-order valence-corrected chi connectivity index (χ2v) is 7.93. The van der Waals surface area contributed by atoms with Crippen LogP contribution in [0.15, 0.2) is 30.5 Å². The van der Waals surface area contributed by atoms with Gasteiger partial charge in [0.1, 0.15) is 13.2 Å². The molecule has 0 saturated heterocycles. The highest BCUT2D eigenvalue weighted by atomic mass is 19.4. The summed E-state index contributed by atoms with van der Waals surface area (Å²) in [5.74, 6) is 0.670. The Hall–Kier alpha value is -3.30. The van der Waals surface area contributed by atoms with E-state index in [4.69, 9.17) is 14.5 Å². The summed E-state index contributed by atoms with van der Waals surface area (Å²) in [6.45, 7) is 4.32. The number of hydrogen-bond acceptors (Lipinski definition) is 5. The Kier molecular flexibility index (Phi) is 5.70. The Morgan fingerprint density at radius 1 is 1.19 bits per heavy atom. The van der Waals surface area contributed by atoms with Crippen molar-refractivity contribution in [1.82, 2.24) is 19.7 Å². The first-order valence-corrected chi connectivity index (χ1v) is 10.2. The predicted molar refractivity (Wildman–Crippen MR) is 112 cm³/mol. The molecule has 3 heterocycles. The summed E-state index contributed by atoms with van der Waals surface area (Å²) >= 11 is 0. The van der Waals surface area contributed by atoms with Crippen LogP contribution in [0.25, 0.3) is 22.3 Å². The molecular formula is C22H23F3N4O3. The first-order valence-electron chi connectivity index (χ1n) is 10.2. The fraction of sp³-hybridized carbons (Fsp3) is 0.409. The smallest absolute Gasteiger partial charge is 0.390 e. The third-order valence-electron chi connectivity index (χ3n) is 5.20. The van der Waals surface area contributed by atoms with Crippen molar-refractivity contribution in [2.75, 3.05) is 26.8 Å². The molecule has 1 amide bonds. The van der Waals surface area contributed by atoms with Gasteiger partial charge in [0.15, 0.2) is 17.1 Å². The maximum absolute atomic E-state index is 13.1. The highest BCUT2D eigenvalue weighted by Gasteiger charge is 2.29. The number of hydrogen-bond donors (Lipinski definition) is 0. The van der Waals surface area contributed by atoms with E-state index in [0.29, 0.717) is 47.0 Å². The minimum atomic E-state index is -4.35. The van der Waals surface area contributed by atoms with Crippen LogP contribution >= 0.6 is 0 Å². The fourth-order valence-electron chi connectivity index (χ4n) is 3.53. The van der Waals surface area contributed by atoms with Gasteiger partial charge in [0, 0.05) is 25.2 Å². The second-order valence-electron chi connectivity index (χ2n) is 7.93. The van der Waals surface area contributed by atoms with E-state index >= 15 is 0 Å². The number of rotatable bonds is 5. The molecule has 0 aliphatic carbocycles. The molecular weight excluding hydrogens is 425 g/mol. The number of benzene rings is 1. The van der Waals surface area contributed by atoms with Crippen LogP contribution in [0.4, 0.5) is 13.2 Å². The third-order valence-corrected chi connectivity index (χ3v) is 5.20. The van der Waals surface area contributed by atoms with Crippen molar-refractivity contribution in [3.8, 4) is 22.8 Å². The quantitative estimate of drug-likeness (QED) is 0.576. The van der Waals surface area contributed by atoms with E-state index in [2.05, 4.69) is 5.10 Å². The Morgan fingerprint density at radius 3 is 2.59 bits per heavy atom. The number of aromatic nitrogens is 3. The van der Waals surface area contributed by atoms with E-state index in [1.807, 2.05) is 13.8 Å². The molecule has 0 saturated carbocycles. The SMILES string of the molecule is CC(C)n1ncc2c(C(=O)N(C)CCC(F)(F)F)cc(-c3ccc4c(c3)OCCO4)nc21. The van der Waals surface area contributed by atoms with Crippen molar-refractivity contribution in [3.05, 3.63) is 36.0 Å². The number of halogens is 3. The third kappa shape index (κ3) is 4.35. The minimum absolute atomic E-state index is 0.0265. The first kappa shape index (κ1) is 21.9. The molecule has 3 aromatic rings. The van der Waals surface area contributed by atoms with Crippen molar-refractivity contribution in [3.63, 3.8) is 0 Å². The van der Waals surface area contributed by atoms with Crippen LogP contribution in [0.1, 0.15) is 36.7 Å². The van der Waals surface area contributed by atoms with Gasteiger partial charge in [0.2, 0.25) is 0 Å². The Balaban J connectivity index is 1.79. The molecule has 10 heteroatoms. The molecule has 1 aliphatic rings. The highest BCUT2D eigenvalue weighted by molar-refractivity contribution is 6.06. The van der Waals surface area contributed by atoms with Crippen LogP contribution in [-0.2, 0) is 0 Å². The van der Waals surface area contributed by atoms with E-state index in [0.717, 1.165) is 4.90 Å². The zero-order valence-corrected chi connectivity index (χ0v) is 17.9. The lowest BCUT2D eigenvalue weighted by Gasteiger charge is -2.20. The molecule has 170 valence electrons. The van der Waals surface area contributed by atoms with E-state index < -0.39 is 25.0 Å². The second kappa shape index (κ2) is 8.33. The summed E-state index contributed by atoms with van der Waals surface area (Å²) in [5, 5.41) is 4.84. The average Bonchev–Trinajstić information content (AvgIpc) is 3.20. The summed E-state index contributed by atoms with van der Waals surface area (Å²) in [7, 11) is 1.36. The van der Waals surface area contributed by atoms with Gasteiger partial charge in [-0.2, -0.15) is 18.3 Å². The van der Waals surface area contributed by atoms with Crippen LogP contribution in [0, 0.1) is 0 Å². The lowest BCUT2D eigenvalue weighted by molar-refractivity contribution is -0.136. The van der Waals surface area contributed by atoms with Gasteiger partial charge in [-0.1, -0.05) is 0 Å². The van der Waals surface area contributed by atoms with E-state index in [-0.39, 0.29) is 11.6 Å². The molecule has 0 bridgehead atoms. The van der Waals surface area contributed by atoms with Gasteiger partial charge in [0.05, 0.1) is 29.3 Å². The fourth-order valence-corrected chi connectivity index (χ4v) is 3.53. The number of nitrogens with zero attached hydrogens (tertiary/aromatic N) is 4. The summed E-state index contributed by atoms with van der Waals surface area (Å²) in [6, 6.07) is 6.92. The largest absolute Gasteiger partial charge is 0.486 e. The molecule has 7 nitrogen and oxygen atoms in total. The van der Waals surface area contributed by atoms with Crippen LogP contribution in [0.3, 0.4) is 0 Å². The molecule has 0 unspecified atom stereocenters. The number of carbonyl (C=O) groups is 1. The molecule has 4 rings (SSSR count). The number of alkyl halides is 3. The normalized spacial score (nSPS) is 13.6. The van der Waals surface area contributed by atoms with Gasteiger partial charge in [-0.25, -0.2) is 9.67 Å². The van der Waals surface area contributed by atoms with Crippen molar-refractivity contribution in [1.29, 1.82) is 0 Å². The molecule has 0 atom stereocenters. The predicted octanol–water partition coefficient (Wildman–Crippen LogP) is 4.47. The Bertz CT molecular complexity index is 1160. The topological polar surface area (TPSA) is 69.5 Å². The Morgan fingerprint density at radius 2 is 1.91 bits per heavy atom. The molecule has 0 N–H and O–H groups in total. The zero-order valence-electron chi connectivity index (χ0n) is 17.9. The van der Waals surface area contributed by atoms with Crippen LogP contribution in [-0.4, -0.2) is 58.6 Å². The van der Waals surface area contributed by atoms with Gasteiger partial charge in [0.25, 0.3) is 5.91 Å². The molecule has 1 aromatic carbocycles. The van der Waals surface area contributed by atoms with Crippen molar-refractivity contribution >= 4 is 16.9 Å². The van der Waals surface area contributed by atoms with Crippen LogP contribution in [0.5, 0.6) is 11.5 Å². The van der Waals surface area contributed by atoms with Gasteiger partial charge < -0.3 is 14.4 Å².